The van der Waals surface area contributed by atoms with Crippen LogP contribution in [0.1, 0.15) is 71.6 Å². The smallest absolute Gasteiger partial charge is 0.0602 e. The van der Waals surface area contributed by atoms with Gasteiger partial charge in [-0.25, -0.2) is 0 Å². The molecule has 1 heterocycles. The van der Waals surface area contributed by atoms with E-state index in [0.29, 0.717) is 11.8 Å². The summed E-state index contributed by atoms with van der Waals surface area (Å²) in [7, 11) is 0. The minimum Gasteiger partial charge on any atom is -0.393 e. The monoisotopic (exact) mass is 417 g/mol. The van der Waals surface area contributed by atoms with E-state index in [1.165, 1.54) is 50.6 Å². The second-order valence-electron chi connectivity index (χ2n) is 10.8. The molecule has 170 valence electrons. The molecule has 2 N–H and O–H groups in total. The number of allylic oxidation sites excluding steroid dienone is 3. The first-order valence-electron chi connectivity index (χ1n) is 12.5. The average Bonchev–Trinajstić information content (AvgIpc) is 3.08. The van der Waals surface area contributed by atoms with E-state index in [4.69, 9.17) is 4.74 Å². The van der Waals surface area contributed by atoms with Gasteiger partial charge in [0, 0.05) is 13.1 Å². The van der Waals surface area contributed by atoms with Crippen molar-refractivity contribution in [2.45, 2.75) is 83.8 Å². The van der Waals surface area contributed by atoms with Crippen LogP contribution in [-0.4, -0.2) is 60.2 Å². The highest BCUT2D eigenvalue weighted by molar-refractivity contribution is 5.26. The molecule has 0 amide bonds. The fourth-order valence-corrected chi connectivity index (χ4v) is 7.16. The third kappa shape index (κ3) is 5.03. The average molecular weight is 418 g/mol. The van der Waals surface area contributed by atoms with Crippen LogP contribution in [0.15, 0.2) is 23.3 Å². The summed E-state index contributed by atoms with van der Waals surface area (Å²) in [6.07, 6.45) is 13.8. The van der Waals surface area contributed by atoms with Crippen LogP contribution in [-0.2, 0) is 4.74 Å². The minimum atomic E-state index is -0.377. The molecule has 6 atom stereocenters. The van der Waals surface area contributed by atoms with Crippen LogP contribution in [0.3, 0.4) is 0 Å². The summed E-state index contributed by atoms with van der Waals surface area (Å²) < 4.78 is 5.50. The molecule has 3 aliphatic carbocycles. The standard InChI is InChI=1S/C26H43NO3/c1-19(9-11-27-12-14-30-15-13-27)24-7-8-25-21(4-3-10-26(24,25)2)6-5-20-16-22(28)18-23(29)17-20/h5-6,19,22-25,28-29H,3-4,7-18H2,1-2H3/b21-6+/t19?,22-,23-,24-,25+,26-/m1/s1. The van der Waals surface area contributed by atoms with Gasteiger partial charge in [-0.05, 0) is 87.5 Å². The molecular formula is C26H43NO3. The van der Waals surface area contributed by atoms with Crippen molar-refractivity contribution in [3.63, 3.8) is 0 Å². The van der Waals surface area contributed by atoms with Gasteiger partial charge in [0.15, 0.2) is 0 Å². The molecular weight excluding hydrogens is 374 g/mol. The first-order valence-corrected chi connectivity index (χ1v) is 12.5. The van der Waals surface area contributed by atoms with Crippen molar-refractivity contribution in [2.75, 3.05) is 32.8 Å². The Hall–Kier alpha value is -0.680. The second-order valence-corrected chi connectivity index (χ2v) is 10.8. The zero-order valence-corrected chi connectivity index (χ0v) is 19.2. The number of fused-ring (bicyclic) bond motifs is 1. The molecule has 0 aromatic heterocycles. The second kappa shape index (κ2) is 9.85. The Labute approximate surface area is 183 Å². The van der Waals surface area contributed by atoms with E-state index in [0.717, 1.165) is 56.9 Å². The summed E-state index contributed by atoms with van der Waals surface area (Å²) >= 11 is 0. The predicted octanol–water partition coefficient (Wildman–Crippen LogP) is 4.32. The summed E-state index contributed by atoms with van der Waals surface area (Å²) in [5.41, 5.74) is 3.29. The SMILES string of the molecule is CC(CCN1CCOCC1)[C@H]1CC[C@H]2/C(=C/C=C3C[C@@H](O)C[C@H](O)C3)CCC[C@]12C. The van der Waals surface area contributed by atoms with Gasteiger partial charge in [0.2, 0.25) is 0 Å². The first kappa shape index (κ1) is 22.5. The van der Waals surface area contributed by atoms with E-state index in [1.54, 1.807) is 5.57 Å². The highest BCUT2D eigenvalue weighted by atomic mass is 16.5. The highest BCUT2D eigenvalue weighted by Gasteiger charge is 2.50. The lowest BCUT2D eigenvalue weighted by atomic mass is 9.61. The lowest BCUT2D eigenvalue weighted by Gasteiger charge is -2.44. The van der Waals surface area contributed by atoms with Crippen LogP contribution in [0, 0.1) is 23.2 Å². The fraction of sp³-hybridized carbons (Fsp3) is 0.846. The first-order chi connectivity index (χ1) is 14.5. The van der Waals surface area contributed by atoms with E-state index in [9.17, 15) is 10.2 Å². The molecule has 4 heteroatoms. The van der Waals surface area contributed by atoms with Gasteiger partial charge in [-0.3, -0.25) is 4.90 Å². The maximum atomic E-state index is 9.99. The molecule has 1 aliphatic heterocycles. The molecule has 3 saturated carbocycles. The molecule has 1 unspecified atom stereocenters. The van der Waals surface area contributed by atoms with E-state index in [2.05, 4.69) is 30.9 Å². The molecule has 4 nitrogen and oxygen atoms in total. The van der Waals surface area contributed by atoms with Gasteiger partial charge in [0.1, 0.15) is 0 Å². The van der Waals surface area contributed by atoms with Crippen LogP contribution in [0.25, 0.3) is 0 Å². The lowest BCUT2D eigenvalue weighted by Crippen LogP contribution is -2.39. The number of hydrogen-bond acceptors (Lipinski definition) is 4. The minimum absolute atomic E-state index is 0.377. The van der Waals surface area contributed by atoms with Gasteiger partial charge in [-0.15, -0.1) is 0 Å². The summed E-state index contributed by atoms with van der Waals surface area (Å²) in [5, 5.41) is 20.0. The summed E-state index contributed by atoms with van der Waals surface area (Å²) in [6.45, 7) is 10.3. The molecule has 0 aromatic rings. The molecule has 4 fully saturated rings. The van der Waals surface area contributed by atoms with E-state index in [-0.39, 0.29) is 12.2 Å². The van der Waals surface area contributed by atoms with Crippen LogP contribution in [0.5, 0.6) is 0 Å². The van der Waals surface area contributed by atoms with Crippen molar-refractivity contribution >= 4 is 0 Å². The molecule has 0 aromatic carbocycles. The third-order valence-electron chi connectivity index (χ3n) is 8.80. The van der Waals surface area contributed by atoms with E-state index < -0.39 is 0 Å². The quantitative estimate of drug-likeness (QED) is 0.699. The molecule has 4 aliphatic rings. The molecule has 4 rings (SSSR count). The number of aliphatic hydroxyl groups is 2. The number of nitrogens with zero attached hydrogens (tertiary/aromatic N) is 1. The Morgan fingerprint density at radius 1 is 1.13 bits per heavy atom. The number of hydrogen-bond donors (Lipinski definition) is 2. The van der Waals surface area contributed by atoms with Gasteiger partial charge in [-0.1, -0.05) is 37.1 Å². The predicted molar refractivity (Wildman–Crippen MR) is 121 cm³/mol. The van der Waals surface area contributed by atoms with Crippen molar-refractivity contribution in [3.05, 3.63) is 23.3 Å². The van der Waals surface area contributed by atoms with Crippen LogP contribution in [0.4, 0.5) is 0 Å². The molecule has 0 spiro atoms. The Kier molecular flexibility index (Phi) is 7.39. The topological polar surface area (TPSA) is 52.9 Å². The molecule has 0 radical (unpaired) electrons. The summed E-state index contributed by atoms with van der Waals surface area (Å²) in [6, 6.07) is 0. The number of morpholine rings is 1. The zero-order valence-electron chi connectivity index (χ0n) is 19.2. The van der Waals surface area contributed by atoms with Gasteiger partial charge in [-0.2, -0.15) is 0 Å². The van der Waals surface area contributed by atoms with Crippen molar-refractivity contribution in [3.8, 4) is 0 Å². The van der Waals surface area contributed by atoms with E-state index >= 15 is 0 Å². The van der Waals surface area contributed by atoms with Gasteiger partial charge >= 0.3 is 0 Å². The summed E-state index contributed by atoms with van der Waals surface area (Å²) in [4.78, 5) is 2.58. The Morgan fingerprint density at radius 3 is 2.60 bits per heavy atom. The van der Waals surface area contributed by atoms with Crippen molar-refractivity contribution < 1.29 is 14.9 Å². The Bertz CT molecular complexity index is 626. The van der Waals surface area contributed by atoms with Gasteiger partial charge in [0.05, 0.1) is 25.4 Å². The third-order valence-corrected chi connectivity index (χ3v) is 8.80. The van der Waals surface area contributed by atoms with Crippen molar-refractivity contribution in [2.24, 2.45) is 23.2 Å². The fourth-order valence-electron chi connectivity index (χ4n) is 7.16. The number of ether oxygens (including phenoxy) is 1. The molecule has 30 heavy (non-hydrogen) atoms. The van der Waals surface area contributed by atoms with Gasteiger partial charge in [0.25, 0.3) is 0 Å². The van der Waals surface area contributed by atoms with Crippen LogP contribution in [0.2, 0.25) is 0 Å². The van der Waals surface area contributed by atoms with Crippen molar-refractivity contribution in [1.29, 1.82) is 0 Å². The highest BCUT2D eigenvalue weighted by Crippen LogP contribution is 2.59. The largest absolute Gasteiger partial charge is 0.393 e. The maximum Gasteiger partial charge on any atom is 0.0602 e. The zero-order chi connectivity index (χ0) is 21.1. The summed E-state index contributed by atoms with van der Waals surface area (Å²) in [5.74, 6) is 2.33. The van der Waals surface area contributed by atoms with Gasteiger partial charge < -0.3 is 14.9 Å². The lowest BCUT2D eigenvalue weighted by molar-refractivity contribution is 0.0299. The normalized spacial score (nSPS) is 40.4. The maximum absolute atomic E-state index is 9.99. The Morgan fingerprint density at radius 2 is 1.87 bits per heavy atom. The Balaban J connectivity index is 1.40. The number of aliphatic hydroxyl groups excluding tert-OH is 2. The van der Waals surface area contributed by atoms with Crippen LogP contribution >= 0.6 is 0 Å². The van der Waals surface area contributed by atoms with Crippen molar-refractivity contribution in [1.82, 2.24) is 4.90 Å². The molecule has 1 saturated heterocycles. The van der Waals surface area contributed by atoms with Crippen LogP contribution < -0.4 is 0 Å². The van der Waals surface area contributed by atoms with E-state index in [1.807, 2.05) is 0 Å². The number of rotatable bonds is 5. The molecule has 0 bridgehead atoms.